The Labute approximate surface area is 171 Å². The van der Waals surface area contributed by atoms with Crippen LogP contribution < -0.4 is 19.5 Å². The first-order chi connectivity index (χ1) is 13.9. The van der Waals surface area contributed by atoms with Crippen LogP contribution in [0.1, 0.15) is 30.1 Å². The van der Waals surface area contributed by atoms with Crippen molar-refractivity contribution >= 4 is 11.8 Å². The minimum atomic E-state index is -0.0951. The van der Waals surface area contributed by atoms with Crippen LogP contribution in [0.5, 0.6) is 17.2 Å². The van der Waals surface area contributed by atoms with Crippen LogP contribution in [0.3, 0.4) is 0 Å². The third kappa shape index (κ3) is 4.27. The number of carbonyl (C=O) groups excluding carboxylic acids is 2. The molecule has 2 fully saturated rings. The van der Waals surface area contributed by atoms with Gasteiger partial charge in [0, 0.05) is 39.3 Å². The molecular weight excluding hydrogens is 376 g/mol. The number of likely N-dealkylation sites (tertiary alicyclic amines) is 1. The Morgan fingerprint density at radius 1 is 0.931 bits per heavy atom. The third-order valence-corrected chi connectivity index (χ3v) is 6.03. The van der Waals surface area contributed by atoms with Gasteiger partial charge in [0.25, 0.3) is 5.91 Å². The summed E-state index contributed by atoms with van der Waals surface area (Å²) in [7, 11) is 6.28. The van der Waals surface area contributed by atoms with Crippen molar-refractivity contribution < 1.29 is 28.5 Å². The summed E-state index contributed by atoms with van der Waals surface area (Å²) >= 11 is 0. The molecule has 0 unspecified atom stereocenters. The zero-order chi connectivity index (χ0) is 21.1. The molecule has 1 aliphatic heterocycles. The number of fused-ring (bicyclic) bond motifs is 1. The van der Waals surface area contributed by atoms with Crippen molar-refractivity contribution in [3.63, 3.8) is 0 Å². The fourth-order valence-corrected chi connectivity index (χ4v) is 4.62. The van der Waals surface area contributed by atoms with Crippen LogP contribution >= 0.6 is 0 Å². The number of ether oxygens (including phenoxy) is 4. The maximum Gasteiger partial charge on any atom is 0.257 e. The summed E-state index contributed by atoms with van der Waals surface area (Å²) in [4.78, 5) is 26.7. The highest BCUT2D eigenvalue weighted by Crippen LogP contribution is 2.40. The molecule has 1 N–H and O–H groups in total. The lowest BCUT2D eigenvalue weighted by atomic mass is 9.77. The zero-order valence-electron chi connectivity index (χ0n) is 17.7. The summed E-state index contributed by atoms with van der Waals surface area (Å²) in [5.41, 5.74) is 0.450. The number of methoxy groups -OCH3 is 4. The van der Waals surface area contributed by atoms with Crippen molar-refractivity contribution in [2.45, 2.75) is 31.9 Å². The first-order valence-electron chi connectivity index (χ1n) is 9.80. The van der Waals surface area contributed by atoms with E-state index in [1.54, 1.807) is 26.4 Å². The van der Waals surface area contributed by atoms with Gasteiger partial charge in [-0.1, -0.05) is 0 Å². The quantitative estimate of drug-likeness (QED) is 0.774. The molecule has 8 heteroatoms. The van der Waals surface area contributed by atoms with E-state index in [2.05, 4.69) is 5.32 Å². The average Bonchev–Trinajstić information content (AvgIpc) is 3.13. The number of carbonyl (C=O) groups is 2. The van der Waals surface area contributed by atoms with Crippen LogP contribution in [0.4, 0.5) is 0 Å². The van der Waals surface area contributed by atoms with Gasteiger partial charge in [0.1, 0.15) is 5.75 Å². The van der Waals surface area contributed by atoms with E-state index >= 15 is 0 Å². The van der Waals surface area contributed by atoms with E-state index in [1.165, 1.54) is 21.1 Å². The van der Waals surface area contributed by atoms with Crippen LogP contribution in [0, 0.1) is 11.8 Å². The van der Waals surface area contributed by atoms with Gasteiger partial charge in [-0.15, -0.1) is 0 Å². The molecule has 1 aromatic carbocycles. The van der Waals surface area contributed by atoms with E-state index in [-0.39, 0.29) is 24.0 Å². The van der Waals surface area contributed by atoms with Crippen molar-refractivity contribution in [3.8, 4) is 17.2 Å². The largest absolute Gasteiger partial charge is 0.496 e. The smallest absolute Gasteiger partial charge is 0.257 e. The molecule has 1 heterocycles. The van der Waals surface area contributed by atoms with E-state index in [0.29, 0.717) is 47.7 Å². The highest BCUT2D eigenvalue weighted by Gasteiger charge is 2.44. The Balaban J connectivity index is 1.79. The molecule has 2 amide bonds. The molecule has 1 saturated carbocycles. The lowest BCUT2D eigenvalue weighted by molar-refractivity contribution is -0.121. The summed E-state index contributed by atoms with van der Waals surface area (Å²) in [5, 5.41) is 3.00. The Hall–Kier alpha value is -2.48. The van der Waals surface area contributed by atoms with E-state index < -0.39 is 0 Å². The molecule has 29 heavy (non-hydrogen) atoms. The monoisotopic (exact) mass is 406 g/mol. The average molecular weight is 406 g/mol. The van der Waals surface area contributed by atoms with E-state index in [9.17, 15) is 9.59 Å². The molecule has 2 aliphatic rings. The number of hydrogen-bond donors (Lipinski definition) is 1. The molecule has 1 saturated heterocycles. The van der Waals surface area contributed by atoms with Crippen molar-refractivity contribution in [3.05, 3.63) is 17.7 Å². The van der Waals surface area contributed by atoms with Gasteiger partial charge in [-0.25, -0.2) is 0 Å². The van der Waals surface area contributed by atoms with Crippen LogP contribution in [0.15, 0.2) is 12.1 Å². The van der Waals surface area contributed by atoms with Crippen LogP contribution in [-0.2, 0) is 9.53 Å². The topological polar surface area (TPSA) is 86.3 Å². The molecular formula is C21H30N2O6. The van der Waals surface area contributed by atoms with Gasteiger partial charge in [-0.05, 0) is 24.7 Å². The summed E-state index contributed by atoms with van der Waals surface area (Å²) in [6.07, 6.45) is 1.58. The number of amides is 2. The van der Waals surface area contributed by atoms with Crippen LogP contribution in [-0.4, -0.2) is 70.4 Å². The Morgan fingerprint density at radius 2 is 1.52 bits per heavy atom. The first-order valence-corrected chi connectivity index (χ1v) is 9.80. The second kappa shape index (κ2) is 8.90. The number of nitrogens with one attached hydrogen (secondary N) is 1. The Morgan fingerprint density at radius 3 is 2.07 bits per heavy atom. The summed E-state index contributed by atoms with van der Waals surface area (Å²) in [5.74, 6) is 1.97. The van der Waals surface area contributed by atoms with Crippen molar-refractivity contribution in [2.75, 3.05) is 41.5 Å². The van der Waals surface area contributed by atoms with Gasteiger partial charge >= 0.3 is 0 Å². The Bertz CT molecular complexity index is 768. The molecule has 0 radical (unpaired) electrons. The lowest BCUT2D eigenvalue weighted by Crippen LogP contribution is -2.49. The zero-order valence-corrected chi connectivity index (χ0v) is 17.7. The Kier molecular flexibility index (Phi) is 6.52. The van der Waals surface area contributed by atoms with Gasteiger partial charge in [0.2, 0.25) is 5.91 Å². The van der Waals surface area contributed by atoms with Crippen molar-refractivity contribution in [1.82, 2.24) is 10.2 Å². The van der Waals surface area contributed by atoms with Crippen LogP contribution in [0.25, 0.3) is 0 Å². The van der Waals surface area contributed by atoms with Crippen molar-refractivity contribution in [1.29, 1.82) is 0 Å². The predicted octanol–water partition coefficient (Wildman–Crippen LogP) is 1.71. The lowest BCUT2D eigenvalue weighted by Gasteiger charge is -2.37. The van der Waals surface area contributed by atoms with E-state index in [1.807, 2.05) is 4.90 Å². The normalized spacial score (nSPS) is 25.9. The second-order valence-corrected chi connectivity index (χ2v) is 7.69. The third-order valence-electron chi connectivity index (χ3n) is 6.03. The number of rotatable bonds is 6. The molecule has 0 spiro atoms. The van der Waals surface area contributed by atoms with Gasteiger partial charge < -0.3 is 29.2 Å². The highest BCUT2D eigenvalue weighted by molar-refractivity contribution is 5.98. The van der Waals surface area contributed by atoms with E-state index in [4.69, 9.17) is 18.9 Å². The minimum absolute atomic E-state index is 0.0237. The van der Waals surface area contributed by atoms with E-state index in [0.717, 1.165) is 12.8 Å². The fraction of sp³-hybridized carbons (Fsp3) is 0.619. The van der Waals surface area contributed by atoms with Crippen LogP contribution in [0.2, 0.25) is 0 Å². The summed E-state index contributed by atoms with van der Waals surface area (Å²) in [6, 6.07) is 3.31. The fourth-order valence-electron chi connectivity index (χ4n) is 4.62. The molecule has 3 rings (SSSR count). The predicted molar refractivity (Wildman–Crippen MR) is 107 cm³/mol. The minimum Gasteiger partial charge on any atom is -0.496 e. The molecule has 0 aromatic heterocycles. The highest BCUT2D eigenvalue weighted by atomic mass is 16.5. The van der Waals surface area contributed by atoms with Gasteiger partial charge in [-0.3, -0.25) is 9.59 Å². The maximum atomic E-state index is 13.3. The number of benzene rings is 1. The summed E-state index contributed by atoms with van der Waals surface area (Å²) < 4.78 is 21.7. The number of nitrogens with zero attached hydrogens (tertiary/aromatic N) is 1. The van der Waals surface area contributed by atoms with Gasteiger partial charge in [-0.2, -0.15) is 0 Å². The maximum absolute atomic E-state index is 13.3. The molecule has 1 aliphatic carbocycles. The SMILES string of the molecule is COc1cc(OC)c(C(=O)N2C[C@H]3C[C@@H](NC(C)=O)[C@H](OC)C[C@H]3C2)cc1OC. The molecule has 0 bridgehead atoms. The standard InChI is InChI=1S/C21H30N2O6/c1-12(24)22-16-6-13-10-23(11-14(13)7-18(16)27-3)21(25)15-8-19(28-4)20(29-5)9-17(15)26-2/h8-9,13-14,16,18H,6-7,10-11H2,1-5H3,(H,22,24)/t13-,14+,16-,18-/m1/s1. The molecule has 1 aromatic rings. The number of hydrogen-bond acceptors (Lipinski definition) is 6. The second-order valence-electron chi connectivity index (χ2n) is 7.69. The summed E-state index contributed by atoms with van der Waals surface area (Å²) in [6.45, 7) is 2.83. The molecule has 160 valence electrons. The first kappa shape index (κ1) is 21.2. The van der Waals surface area contributed by atoms with Gasteiger partial charge in [0.15, 0.2) is 11.5 Å². The molecule has 4 atom stereocenters. The van der Waals surface area contributed by atoms with Crippen molar-refractivity contribution in [2.24, 2.45) is 11.8 Å². The molecule has 8 nitrogen and oxygen atoms in total. The van der Waals surface area contributed by atoms with Gasteiger partial charge in [0.05, 0.1) is 39.0 Å².